The van der Waals surface area contributed by atoms with Crippen LogP contribution in [0.1, 0.15) is 37.2 Å². The van der Waals surface area contributed by atoms with Gasteiger partial charge in [-0.2, -0.15) is 0 Å². The van der Waals surface area contributed by atoms with Crippen LogP contribution in [0, 0.1) is 5.82 Å². The summed E-state index contributed by atoms with van der Waals surface area (Å²) in [5, 5.41) is 0. The van der Waals surface area contributed by atoms with Gasteiger partial charge in [-0.1, -0.05) is 22.4 Å². The molecule has 0 heterocycles. The minimum absolute atomic E-state index is 0.108. The number of Topliss-reactive ketones (excluding diaryl/α,β-unsaturated/α-hetero) is 1. The largest absolute Gasteiger partial charge is 0.299 e. The zero-order chi connectivity index (χ0) is 10.8. The van der Waals surface area contributed by atoms with Gasteiger partial charge in [0.2, 0.25) is 0 Å². The maximum atomic E-state index is 13.1. The zero-order valence-electron chi connectivity index (χ0n) is 8.30. The molecule has 1 atom stereocenters. The number of carbonyl (C=O) groups is 1. The second kappa shape index (κ2) is 4.44. The molecule has 1 saturated carbocycles. The average molecular weight is 271 g/mol. The van der Waals surface area contributed by atoms with Crippen molar-refractivity contribution in [1.82, 2.24) is 0 Å². The normalized spacial score (nSPS) is 21.7. The van der Waals surface area contributed by atoms with Crippen LogP contribution >= 0.6 is 15.9 Å². The third-order valence-electron chi connectivity index (χ3n) is 2.89. The van der Waals surface area contributed by atoms with Crippen LogP contribution in [0.5, 0.6) is 0 Å². The Balaban J connectivity index is 2.34. The molecule has 0 aliphatic heterocycles. The lowest BCUT2D eigenvalue weighted by molar-refractivity contribution is -0.121. The van der Waals surface area contributed by atoms with Crippen LogP contribution in [0.4, 0.5) is 4.39 Å². The quantitative estimate of drug-likeness (QED) is 0.759. The van der Waals surface area contributed by atoms with E-state index in [1.165, 1.54) is 12.1 Å². The highest BCUT2D eigenvalue weighted by molar-refractivity contribution is 9.10. The van der Waals surface area contributed by atoms with Crippen molar-refractivity contribution in [3.8, 4) is 0 Å². The molecule has 0 aromatic heterocycles. The van der Waals surface area contributed by atoms with E-state index in [-0.39, 0.29) is 17.5 Å². The van der Waals surface area contributed by atoms with Crippen LogP contribution in [0.2, 0.25) is 0 Å². The number of hydrogen-bond donors (Lipinski definition) is 0. The first-order valence-corrected chi connectivity index (χ1v) is 5.95. The highest BCUT2D eigenvalue weighted by Crippen LogP contribution is 2.34. The van der Waals surface area contributed by atoms with Crippen molar-refractivity contribution >= 4 is 21.7 Å². The molecule has 0 amide bonds. The Morgan fingerprint density at radius 2 is 2.13 bits per heavy atom. The van der Waals surface area contributed by atoms with E-state index < -0.39 is 0 Å². The summed E-state index contributed by atoms with van der Waals surface area (Å²) in [5.41, 5.74) is 0.805. The van der Waals surface area contributed by atoms with E-state index in [4.69, 9.17) is 0 Å². The summed E-state index contributed by atoms with van der Waals surface area (Å²) in [6.07, 6.45) is 3.51. The maximum absolute atomic E-state index is 13.1. The molecule has 15 heavy (non-hydrogen) atoms. The minimum atomic E-state index is -0.272. The van der Waals surface area contributed by atoms with E-state index in [1.54, 1.807) is 6.07 Å². The monoisotopic (exact) mass is 270 g/mol. The van der Waals surface area contributed by atoms with Crippen molar-refractivity contribution < 1.29 is 9.18 Å². The van der Waals surface area contributed by atoms with Gasteiger partial charge in [0.15, 0.2) is 0 Å². The summed E-state index contributed by atoms with van der Waals surface area (Å²) in [4.78, 5) is 11.7. The predicted molar refractivity (Wildman–Crippen MR) is 60.3 cm³/mol. The first kappa shape index (κ1) is 10.8. The van der Waals surface area contributed by atoms with Gasteiger partial charge >= 0.3 is 0 Å². The number of benzene rings is 1. The molecule has 1 nitrogen and oxygen atoms in total. The predicted octanol–water partition coefficient (Wildman–Crippen LogP) is 3.81. The summed E-state index contributed by atoms with van der Waals surface area (Å²) in [7, 11) is 0. The average Bonchev–Trinajstić information content (AvgIpc) is 2.23. The van der Waals surface area contributed by atoms with Crippen LogP contribution in [0.25, 0.3) is 0 Å². The van der Waals surface area contributed by atoms with Crippen molar-refractivity contribution in [2.75, 3.05) is 0 Å². The van der Waals surface area contributed by atoms with Crippen LogP contribution in [0.3, 0.4) is 0 Å². The molecule has 0 bridgehead atoms. The third-order valence-corrected chi connectivity index (χ3v) is 3.61. The number of carbonyl (C=O) groups excluding carboxylic acids is 1. The SMILES string of the molecule is O=C1CCCCC1c1cc(F)ccc1Br. The molecular formula is C12H12BrFO. The van der Waals surface area contributed by atoms with Crippen LogP contribution < -0.4 is 0 Å². The molecule has 0 N–H and O–H groups in total. The van der Waals surface area contributed by atoms with Gasteiger partial charge in [-0.25, -0.2) is 4.39 Å². The van der Waals surface area contributed by atoms with Gasteiger partial charge in [-0.3, -0.25) is 4.79 Å². The molecule has 1 aromatic carbocycles. The molecule has 80 valence electrons. The Labute approximate surface area is 96.8 Å². The smallest absolute Gasteiger partial charge is 0.140 e. The van der Waals surface area contributed by atoms with Gasteiger partial charge in [-0.15, -0.1) is 0 Å². The van der Waals surface area contributed by atoms with E-state index in [0.29, 0.717) is 6.42 Å². The minimum Gasteiger partial charge on any atom is -0.299 e. The highest BCUT2D eigenvalue weighted by Gasteiger charge is 2.25. The lowest BCUT2D eigenvalue weighted by Gasteiger charge is -2.21. The van der Waals surface area contributed by atoms with E-state index in [2.05, 4.69) is 15.9 Å². The van der Waals surface area contributed by atoms with E-state index in [9.17, 15) is 9.18 Å². The Kier molecular flexibility index (Phi) is 3.19. The number of halogens is 2. The maximum Gasteiger partial charge on any atom is 0.140 e. The van der Waals surface area contributed by atoms with Gasteiger partial charge in [0.25, 0.3) is 0 Å². The summed E-state index contributed by atoms with van der Waals surface area (Å²) < 4.78 is 13.9. The van der Waals surface area contributed by atoms with Gasteiger partial charge in [0, 0.05) is 16.8 Å². The van der Waals surface area contributed by atoms with E-state index in [1.807, 2.05) is 0 Å². The third kappa shape index (κ3) is 2.28. The van der Waals surface area contributed by atoms with Crippen LogP contribution in [-0.2, 0) is 4.79 Å². The second-order valence-corrected chi connectivity index (χ2v) is 4.78. The van der Waals surface area contributed by atoms with Crippen molar-refractivity contribution in [2.45, 2.75) is 31.6 Å². The van der Waals surface area contributed by atoms with Crippen LogP contribution in [0.15, 0.2) is 22.7 Å². The highest BCUT2D eigenvalue weighted by atomic mass is 79.9. The molecule has 1 unspecified atom stereocenters. The Morgan fingerprint density at radius 1 is 1.33 bits per heavy atom. The topological polar surface area (TPSA) is 17.1 Å². The molecule has 3 heteroatoms. The Morgan fingerprint density at radius 3 is 2.87 bits per heavy atom. The van der Waals surface area contributed by atoms with Gasteiger partial charge < -0.3 is 0 Å². The number of hydrogen-bond acceptors (Lipinski definition) is 1. The zero-order valence-corrected chi connectivity index (χ0v) is 9.89. The van der Waals surface area contributed by atoms with E-state index in [0.717, 1.165) is 29.3 Å². The van der Waals surface area contributed by atoms with E-state index >= 15 is 0 Å². The molecule has 1 aliphatic rings. The second-order valence-electron chi connectivity index (χ2n) is 3.93. The Hall–Kier alpha value is -0.700. The van der Waals surface area contributed by atoms with Crippen molar-refractivity contribution in [3.63, 3.8) is 0 Å². The molecule has 1 fully saturated rings. The fourth-order valence-corrected chi connectivity index (χ4v) is 2.62. The lowest BCUT2D eigenvalue weighted by Crippen LogP contribution is -2.17. The molecule has 0 radical (unpaired) electrons. The van der Waals surface area contributed by atoms with Crippen molar-refractivity contribution in [3.05, 3.63) is 34.1 Å². The number of rotatable bonds is 1. The standard InChI is InChI=1S/C12H12BrFO/c13-11-6-5-8(14)7-10(11)9-3-1-2-4-12(9)15/h5-7,9H,1-4H2. The van der Waals surface area contributed by atoms with Gasteiger partial charge in [0.05, 0.1) is 0 Å². The molecule has 2 rings (SSSR count). The molecule has 1 aliphatic carbocycles. The summed E-state index contributed by atoms with van der Waals surface area (Å²) in [5.74, 6) is -0.136. The fraction of sp³-hybridized carbons (Fsp3) is 0.417. The number of ketones is 1. The lowest BCUT2D eigenvalue weighted by atomic mass is 9.83. The van der Waals surface area contributed by atoms with Crippen molar-refractivity contribution in [1.29, 1.82) is 0 Å². The van der Waals surface area contributed by atoms with Gasteiger partial charge in [-0.05, 0) is 36.6 Å². The summed E-state index contributed by atoms with van der Waals surface area (Å²) >= 11 is 3.37. The summed E-state index contributed by atoms with van der Waals surface area (Å²) in [6.45, 7) is 0. The molecule has 0 spiro atoms. The van der Waals surface area contributed by atoms with Crippen molar-refractivity contribution in [2.24, 2.45) is 0 Å². The molecular weight excluding hydrogens is 259 g/mol. The molecule has 1 aromatic rings. The summed E-state index contributed by atoms with van der Waals surface area (Å²) in [6, 6.07) is 4.55. The molecule has 0 saturated heterocycles. The van der Waals surface area contributed by atoms with Gasteiger partial charge in [0.1, 0.15) is 11.6 Å². The first-order chi connectivity index (χ1) is 7.18. The first-order valence-electron chi connectivity index (χ1n) is 5.16. The fourth-order valence-electron chi connectivity index (χ4n) is 2.09. The Bertz CT molecular complexity index is 389. The van der Waals surface area contributed by atoms with Crippen LogP contribution in [-0.4, -0.2) is 5.78 Å².